The Morgan fingerprint density at radius 1 is 1.22 bits per heavy atom. The standard InChI is InChI=1S/C15H19BrO2/c1-10-6-7-12(16)11(2)13(10)15(14(17)18)8-4-3-5-9-15/h6-7H,3-5,8-9H2,1-2H3,(H,17,18). The van der Waals surface area contributed by atoms with Crippen LogP contribution in [0.15, 0.2) is 16.6 Å². The van der Waals surface area contributed by atoms with Crippen LogP contribution in [-0.2, 0) is 10.2 Å². The van der Waals surface area contributed by atoms with Crippen LogP contribution in [0.4, 0.5) is 0 Å². The molecule has 1 aromatic carbocycles. The van der Waals surface area contributed by atoms with E-state index in [1.807, 2.05) is 26.0 Å². The summed E-state index contributed by atoms with van der Waals surface area (Å²) in [5.41, 5.74) is 2.54. The number of halogens is 1. The van der Waals surface area contributed by atoms with Crippen LogP contribution in [0.25, 0.3) is 0 Å². The molecule has 1 aromatic rings. The van der Waals surface area contributed by atoms with Crippen molar-refractivity contribution in [2.45, 2.75) is 51.4 Å². The van der Waals surface area contributed by atoms with Gasteiger partial charge in [-0.25, -0.2) is 0 Å². The van der Waals surface area contributed by atoms with Gasteiger partial charge in [0.15, 0.2) is 0 Å². The van der Waals surface area contributed by atoms with Crippen molar-refractivity contribution in [3.63, 3.8) is 0 Å². The van der Waals surface area contributed by atoms with Crippen LogP contribution in [0.2, 0.25) is 0 Å². The van der Waals surface area contributed by atoms with Gasteiger partial charge in [-0.2, -0.15) is 0 Å². The number of benzene rings is 1. The maximum atomic E-state index is 11.9. The average Bonchev–Trinajstić information content (AvgIpc) is 2.35. The molecule has 0 spiro atoms. The average molecular weight is 311 g/mol. The Morgan fingerprint density at radius 3 is 2.39 bits per heavy atom. The highest BCUT2D eigenvalue weighted by Crippen LogP contribution is 2.43. The van der Waals surface area contributed by atoms with Crippen molar-refractivity contribution in [3.8, 4) is 0 Å². The van der Waals surface area contributed by atoms with Gasteiger partial charge < -0.3 is 5.11 Å². The van der Waals surface area contributed by atoms with Crippen molar-refractivity contribution in [2.24, 2.45) is 0 Å². The number of hydrogen-bond acceptors (Lipinski definition) is 1. The minimum Gasteiger partial charge on any atom is -0.481 e. The molecule has 98 valence electrons. The lowest BCUT2D eigenvalue weighted by Crippen LogP contribution is -2.39. The van der Waals surface area contributed by atoms with Gasteiger partial charge in [0.2, 0.25) is 0 Å². The Kier molecular flexibility index (Phi) is 3.81. The van der Waals surface area contributed by atoms with Crippen molar-refractivity contribution in [1.82, 2.24) is 0 Å². The van der Waals surface area contributed by atoms with Crippen LogP contribution >= 0.6 is 15.9 Å². The summed E-state index contributed by atoms with van der Waals surface area (Å²) in [6.45, 7) is 4.04. The summed E-state index contributed by atoms with van der Waals surface area (Å²) < 4.78 is 1.01. The van der Waals surface area contributed by atoms with Crippen LogP contribution < -0.4 is 0 Å². The van der Waals surface area contributed by atoms with Gasteiger partial charge in [-0.15, -0.1) is 0 Å². The van der Waals surface area contributed by atoms with Crippen LogP contribution in [-0.4, -0.2) is 11.1 Å². The van der Waals surface area contributed by atoms with Gasteiger partial charge in [0.1, 0.15) is 0 Å². The molecule has 3 heteroatoms. The predicted molar refractivity (Wildman–Crippen MR) is 76.0 cm³/mol. The third-order valence-electron chi connectivity index (χ3n) is 4.20. The van der Waals surface area contributed by atoms with Crippen LogP contribution in [0.1, 0.15) is 48.8 Å². The summed E-state index contributed by atoms with van der Waals surface area (Å²) in [7, 11) is 0. The van der Waals surface area contributed by atoms with Crippen molar-refractivity contribution < 1.29 is 9.90 Å². The predicted octanol–water partition coefficient (Wildman–Crippen LogP) is 4.35. The number of hydrogen-bond donors (Lipinski definition) is 1. The summed E-state index contributed by atoms with van der Waals surface area (Å²) in [4.78, 5) is 11.9. The Morgan fingerprint density at radius 2 is 1.83 bits per heavy atom. The fourth-order valence-electron chi connectivity index (χ4n) is 3.28. The van der Waals surface area contributed by atoms with E-state index in [2.05, 4.69) is 15.9 Å². The highest BCUT2D eigenvalue weighted by Gasteiger charge is 2.43. The van der Waals surface area contributed by atoms with E-state index >= 15 is 0 Å². The fourth-order valence-corrected chi connectivity index (χ4v) is 3.61. The summed E-state index contributed by atoms with van der Waals surface area (Å²) >= 11 is 3.53. The summed E-state index contributed by atoms with van der Waals surface area (Å²) in [5.74, 6) is -0.661. The summed E-state index contributed by atoms with van der Waals surface area (Å²) in [6.07, 6.45) is 4.71. The maximum Gasteiger partial charge on any atom is 0.314 e. The van der Waals surface area contributed by atoms with E-state index in [1.54, 1.807) is 0 Å². The molecule has 1 N–H and O–H groups in total. The molecule has 0 heterocycles. The molecule has 2 rings (SSSR count). The van der Waals surface area contributed by atoms with Gasteiger partial charge in [0.25, 0.3) is 0 Å². The molecular formula is C15H19BrO2. The molecule has 1 aliphatic rings. The van der Waals surface area contributed by atoms with Crippen molar-refractivity contribution in [3.05, 3.63) is 33.3 Å². The minimum atomic E-state index is -0.670. The highest BCUT2D eigenvalue weighted by molar-refractivity contribution is 9.10. The Bertz CT molecular complexity index is 474. The van der Waals surface area contributed by atoms with E-state index < -0.39 is 11.4 Å². The quantitative estimate of drug-likeness (QED) is 0.881. The first kappa shape index (κ1) is 13.6. The second kappa shape index (κ2) is 5.04. The van der Waals surface area contributed by atoms with E-state index in [-0.39, 0.29) is 0 Å². The lowest BCUT2D eigenvalue weighted by molar-refractivity contribution is -0.145. The molecule has 0 saturated heterocycles. The second-order valence-corrected chi connectivity index (χ2v) is 6.17. The van der Waals surface area contributed by atoms with E-state index in [0.717, 1.165) is 53.3 Å². The van der Waals surface area contributed by atoms with Crippen LogP contribution in [0, 0.1) is 13.8 Å². The maximum absolute atomic E-state index is 11.9. The number of carboxylic acids is 1. The molecule has 1 saturated carbocycles. The van der Waals surface area contributed by atoms with E-state index in [0.29, 0.717) is 0 Å². The van der Waals surface area contributed by atoms with Crippen LogP contribution in [0.5, 0.6) is 0 Å². The first-order valence-electron chi connectivity index (χ1n) is 6.48. The minimum absolute atomic E-state index is 0.661. The lowest BCUT2D eigenvalue weighted by Gasteiger charge is -2.36. The fraction of sp³-hybridized carbons (Fsp3) is 0.533. The zero-order chi connectivity index (χ0) is 13.3. The smallest absolute Gasteiger partial charge is 0.314 e. The van der Waals surface area contributed by atoms with Gasteiger partial charge >= 0.3 is 5.97 Å². The third-order valence-corrected chi connectivity index (χ3v) is 5.06. The lowest BCUT2D eigenvalue weighted by atomic mass is 9.67. The first-order valence-corrected chi connectivity index (χ1v) is 7.28. The zero-order valence-electron chi connectivity index (χ0n) is 10.9. The topological polar surface area (TPSA) is 37.3 Å². The number of aliphatic carboxylic acids is 1. The van der Waals surface area contributed by atoms with Crippen molar-refractivity contribution in [1.29, 1.82) is 0 Å². The molecule has 0 amide bonds. The molecular weight excluding hydrogens is 292 g/mol. The molecule has 1 fully saturated rings. The number of carbonyl (C=O) groups is 1. The van der Waals surface area contributed by atoms with Gasteiger partial charge in [-0.1, -0.05) is 41.3 Å². The molecule has 0 aromatic heterocycles. The molecule has 0 atom stereocenters. The highest BCUT2D eigenvalue weighted by atomic mass is 79.9. The normalized spacial score (nSPS) is 18.6. The van der Waals surface area contributed by atoms with Gasteiger partial charge in [0.05, 0.1) is 5.41 Å². The molecule has 0 aliphatic heterocycles. The monoisotopic (exact) mass is 310 g/mol. The number of carboxylic acid groups (broad SMARTS) is 1. The van der Waals surface area contributed by atoms with Gasteiger partial charge in [0, 0.05) is 4.47 Å². The Balaban J connectivity index is 2.63. The molecule has 1 aliphatic carbocycles. The number of rotatable bonds is 2. The van der Waals surface area contributed by atoms with Gasteiger partial charge in [-0.3, -0.25) is 4.79 Å². The van der Waals surface area contributed by atoms with Crippen LogP contribution in [0.3, 0.4) is 0 Å². The van der Waals surface area contributed by atoms with Crippen molar-refractivity contribution in [2.75, 3.05) is 0 Å². The molecule has 0 unspecified atom stereocenters. The van der Waals surface area contributed by atoms with Gasteiger partial charge in [-0.05, 0) is 49.4 Å². The molecule has 18 heavy (non-hydrogen) atoms. The molecule has 0 radical (unpaired) electrons. The summed E-state index contributed by atoms with van der Waals surface area (Å²) in [5, 5.41) is 9.77. The van der Waals surface area contributed by atoms with Crippen molar-refractivity contribution >= 4 is 21.9 Å². The third kappa shape index (κ3) is 2.09. The van der Waals surface area contributed by atoms with E-state index in [9.17, 15) is 9.90 Å². The molecule has 2 nitrogen and oxygen atoms in total. The zero-order valence-corrected chi connectivity index (χ0v) is 12.5. The Labute approximate surface area is 117 Å². The summed E-state index contributed by atoms with van der Waals surface area (Å²) in [6, 6.07) is 4.03. The molecule has 0 bridgehead atoms. The van der Waals surface area contributed by atoms with E-state index in [4.69, 9.17) is 0 Å². The number of aryl methyl sites for hydroxylation is 1. The Hall–Kier alpha value is -0.830. The first-order chi connectivity index (χ1) is 8.49. The second-order valence-electron chi connectivity index (χ2n) is 5.31. The van der Waals surface area contributed by atoms with E-state index in [1.165, 1.54) is 0 Å². The largest absolute Gasteiger partial charge is 0.481 e. The SMILES string of the molecule is Cc1ccc(Br)c(C)c1C1(C(=O)O)CCCCC1.